The summed E-state index contributed by atoms with van der Waals surface area (Å²) in [6, 6.07) is 24.9. The molecule has 0 spiro atoms. The topological polar surface area (TPSA) is 62.1 Å². The molecule has 29 heavy (non-hydrogen) atoms. The van der Waals surface area contributed by atoms with Gasteiger partial charge in [-0.2, -0.15) is 5.26 Å². The third-order valence-corrected chi connectivity index (χ3v) is 4.66. The van der Waals surface area contributed by atoms with Crippen molar-refractivity contribution in [3.63, 3.8) is 0 Å². The summed E-state index contributed by atoms with van der Waals surface area (Å²) in [5, 5.41) is 12.2. The lowest BCUT2D eigenvalue weighted by atomic mass is 10.1. The Labute approximate surface area is 171 Å². The third-order valence-electron chi connectivity index (χ3n) is 4.66. The first-order valence-electron chi connectivity index (χ1n) is 9.33. The summed E-state index contributed by atoms with van der Waals surface area (Å²) in [7, 11) is 0. The normalized spacial score (nSPS) is 10.9. The van der Waals surface area contributed by atoms with Gasteiger partial charge in [0, 0.05) is 5.69 Å². The minimum Gasteiger partial charge on any atom is -0.489 e. The SMILES string of the molecule is Cc1cccc(NC(=O)/C(C#N)=C/c2ccc(OCc3ccccc3)cc2)c1C. The molecule has 0 radical (unpaired) electrons. The number of ether oxygens (including phenoxy) is 1. The lowest BCUT2D eigenvalue weighted by molar-refractivity contribution is -0.112. The predicted molar refractivity (Wildman–Crippen MR) is 115 cm³/mol. The Hall–Kier alpha value is -3.84. The lowest BCUT2D eigenvalue weighted by Crippen LogP contribution is -2.14. The second-order valence-corrected chi connectivity index (χ2v) is 6.71. The van der Waals surface area contributed by atoms with E-state index in [1.54, 1.807) is 6.08 Å². The Kier molecular flexibility index (Phi) is 6.44. The fraction of sp³-hybridized carbons (Fsp3) is 0.120. The molecule has 3 aromatic carbocycles. The average molecular weight is 382 g/mol. The molecule has 1 N–H and O–H groups in total. The Morgan fingerprint density at radius 2 is 1.72 bits per heavy atom. The zero-order chi connectivity index (χ0) is 20.6. The molecular formula is C25H22N2O2. The highest BCUT2D eigenvalue weighted by molar-refractivity contribution is 6.10. The minimum atomic E-state index is -0.425. The first kappa shape index (κ1) is 19.9. The van der Waals surface area contributed by atoms with Crippen molar-refractivity contribution in [3.8, 4) is 11.8 Å². The van der Waals surface area contributed by atoms with Gasteiger partial charge in [-0.25, -0.2) is 0 Å². The molecule has 3 aromatic rings. The number of hydrogen-bond donors (Lipinski definition) is 1. The van der Waals surface area contributed by atoms with E-state index in [9.17, 15) is 10.1 Å². The molecule has 0 aliphatic carbocycles. The maximum Gasteiger partial charge on any atom is 0.266 e. The van der Waals surface area contributed by atoms with E-state index in [1.807, 2.05) is 92.7 Å². The molecule has 0 unspecified atom stereocenters. The first-order chi connectivity index (χ1) is 14.1. The quantitative estimate of drug-likeness (QED) is 0.457. The summed E-state index contributed by atoms with van der Waals surface area (Å²) < 4.78 is 5.76. The van der Waals surface area contributed by atoms with Crippen LogP contribution >= 0.6 is 0 Å². The van der Waals surface area contributed by atoms with E-state index in [4.69, 9.17) is 4.74 Å². The van der Waals surface area contributed by atoms with Crippen molar-refractivity contribution in [1.29, 1.82) is 5.26 Å². The van der Waals surface area contributed by atoms with Gasteiger partial charge in [0.05, 0.1) is 0 Å². The number of benzene rings is 3. The van der Waals surface area contributed by atoms with Crippen LogP contribution < -0.4 is 10.1 Å². The smallest absolute Gasteiger partial charge is 0.266 e. The van der Waals surface area contributed by atoms with Crippen LogP contribution in [0.4, 0.5) is 5.69 Å². The lowest BCUT2D eigenvalue weighted by Gasteiger charge is -2.10. The highest BCUT2D eigenvalue weighted by Crippen LogP contribution is 2.20. The molecule has 0 atom stereocenters. The van der Waals surface area contributed by atoms with Crippen molar-refractivity contribution in [2.75, 3.05) is 5.32 Å². The van der Waals surface area contributed by atoms with Crippen LogP contribution in [0.5, 0.6) is 5.75 Å². The monoisotopic (exact) mass is 382 g/mol. The number of aryl methyl sites for hydroxylation is 1. The van der Waals surface area contributed by atoms with Gasteiger partial charge in [-0.05, 0) is 60.4 Å². The van der Waals surface area contributed by atoms with Gasteiger partial charge in [-0.3, -0.25) is 4.79 Å². The van der Waals surface area contributed by atoms with E-state index in [0.29, 0.717) is 12.3 Å². The number of carbonyl (C=O) groups is 1. The van der Waals surface area contributed by atoms with Crippen LogP contribution in [0.25, 0.3) is 6.08 Å². The standard InChI is InChI=1S/C25H22N2O2/c1-18-7-6-10-24(19(18)2)27-25(28)22(16-26)15-20-11-13-23(14-12-20)29-17-21-8-4-3-5-9-21/h3-15H,17H2,1-2H3,(H,27,28)/b22-15+. The predicted octanol–water partition coefficient (Wildman–Crippen LogP) is 5.43. The maximum absolute atomic E-state index is 12.5. The zero-order valence-corrected chi connectivity index (χ0v) is 16.5. The van der Waals surface area contributed by atoms with Gasteiger partial charge in [-0.15, -0.1) is 0 Å². The van der Waals surface area contributed by atoms with Gasteiger partial charge >= 0.3 is 0 Å². The summed E-state index contributed by atoms with van der Waals surface area (Å²) in [5.74, 6) is 0.301. The van der Waals surface area contributed by atoms with E-state index in [1.165, 1.54) is 0 Å². The van der Waals surface area contributed by atoms with Crippen molar-refractivity contribution < 1.29 is 9.53 Å². The summed E-state index contributed by atoms with van der Waals surface area (Å²) in [6.45, 7) is 4.40. The number of hydrogen-bond acceptors (Lipinski definition) is 3. The molecule has 0 saturated heterocycles. The van der Waals surface area contributed by atoms with Crippen molar-refractivity contribution in [2.24, 2.45) is 0 Å². The number of rotatable bonds is 6. The van der Waals surface area contributed by atoms with E-state index in [2.05, 4.69) is 5.32 Å². The van der Waals surface area contributed by atoms with Crippen LogP contribution in [0.15, 0.2) is 78.4 Å². The fourth-order valence-electron chi connectivity index (χ4n) is 2.79. The second-order valence-electron chi connectivity index (χ2n) is 6.71. The van der Waals surface area contributed by atoms with Gasteiger partial charge in [-0.1, -0.05) is 54.6 Å². The molecular weight excluding hydrogens is 360 g/mol. The molecule has 3 rings (SSSR count). The summed E-state index contributed by atoms with van der Waals surface area (Å²) >= 11 is 0. The molecule has 144 valence electrons. The van der Waals surface area contributed by atoms with Crippen LogP contribution in [-0.4, -0.2) is 5.91 Å². The summed E-state index contributed by atoms with van der Waals surface area (Å²) in [5.41, 5.74) is 4.66. The summed E-state index contributed by atoms with van der Waals surface area (Å²) in [4.78, 5) is 12.5. The van der Waals surface area contributed by atoms with Crippen LogP contribution in [0.1, 0.15) is 22.3 Å². The summed E-state index contributed by atoms with van der Waals surface area (Å²) in [6.07, 6.45) is 1.57. The van der Waals surface area contributed by atoms with Crippen LogP contribution in [-0.2, 0) is 11.4 Å². The van der Waals surface area contributed by atoms with Gasteiger partial charge in [0.15, 0.2) is 0 Å². The van der Waals surface area contributed by atoms with Crippen molar-refractivity contribution in [3.05, 3.63) is 101 Å². The van der Waals surface area contributed by atoms with E-state index in [0.717, 1.165) is 28.0 Å². The molecule has 0 aliphatic rings. The van der Waals surface area contributed by atoms with E-state index < -0.39 is 5.91 Å². The molecule has 4 nitrogen and oxygen atoms in total. The molecule has 4 heteroatoms. The number of amides is 1. The van der Waals surface area contributed by atoms with Crippen LogP contribution in [0.2, 0.25) is 0 Å². The second kappa shape index (κ2) is 9.38. The molecule has 1 amide bonds. The molecule has 0 aliphatic heterocycles. The maximum atomic E-state index is 12.5. The number of nitrogens with one attached hydrogen (secondary N) is 1. The molecule has 0 bridgehead atoms. The number of carbonyl (C=O) groups excluding carboxylic acids is 1. The van der Waals surface area contributed by atoms with Gasteiger partial charge in [0.1, 0.15) is 24.0 Å². The average Bonchev–Trinajstić information content (AvgIpc) is 2.75. The highest BCUT2D eigenvalue weighted by Gasteiger charge is 2.11. The van der Waals surface area contributed by atoms with Crippen molar-refractivity contribution in [2.45, 2.75) is 20.5 Å². The number of nitrogens with zero attached hydrogens (tertiary/aromatic N) is 1. The van der Waals surface area contributed by atoms with Gasteiger partial charge in [0.2, 0.25) is 0 Å². The largest absolute Gasteiger partial charge is 0.489 e. The first-order valence-corrected chi connectivity index (χ1v) is 9.33. The van der Waals surface area contributed by atoms with Gasteiger partial charge in [0.25, 0.3) is 5.91 Å². The van der Waals surface area contributed by atoms with E-state index >= 15 is 0 Å². The Bertz CT molecular complexity index is 1060. The Morgan fingerprint density at radius 3 is 2.41 bits per heavy atom. The van der Waals surface area contributed by atoms with Crippen molar-refractivity contribution in [1.82, 2.24) is 0 Å². The molecule has 0 aromatic heterocycles. The Balaban J connectivity index is 1.67. The van der Waals surface area contributed by atoms with Crippen LogP contribution in [0.3, 0.4) is 0 Å². The Morgan fingerprint density at radius 1 is 1.00 bits per heavy atom. The zero-order valence-electron chi connectivity index (χ0n) is 16.5. The molecule has 0 fully saturated rings. The van der Waals surface area contributed by atoms with Crippen molar-refractivity contribution >= 4 is 17.7 Å². The minimum absolute atomic E-state index is 0.0452. The molecule has 0 saturated carbocycles. The number of anilines is 1. The molecule has 0 heterocycles. The third kappa shape index (κ3) is 5.33. The highest BCUT2D eigenvalue weighted by atomic mass is 16.5. The number of nitriles is 1. The van der Waals surface area contributed by atoms with Gasteiger partial charge < -0.3 is 10.1 Å². The van der Waals surface area contributed by atoms with E-state index in [-0.39, 0.29) is 5.57 Å². The fourth-order valence-corrected chi connectivity index (χ4v) is 2.79. The van der Waals surface area contributed by atoms with Crippen LogP contribution in [0, 0.1) is 25.2 Å².